The van der Waals surface area contributed by atoms with Crippen LogP contribution < -0.4 is 0 Å². The number of hydrogen-bond donors (Lipinski definition) is 0. The van der Waals surface area contributed by atoms with E-state index in [-0.39, 0.29) is 5.78 Å². The highest BCUT2D eigenvalue weighted by Crippen LogP contribution is 2.35. The second kappa shape index (κ2) is 6.67. The molecule has 114 valence electrons. The molecule has 2 nitrogen and oxygen atoms in total. The first-order valence-electron chi connectivity index (χ1n) is 7.67. The maximum Gasteiger partial charge on any atom is 0.194 e. The average molecular weight is 312 g/mol. The van der Waals surface area contributed by atoms with Crippen molar-refractivity contribution in [2.24, 2.45) is 0 Å². The van der Waals surface area contributed by atoms with E-state index in [1.165, 1.54) is 5.56 Å². The lowest BCUT2D eigenvalue weighted by atomic mass is 9.96. The summed E-state index contributed by atoms with van der Waals surface area (Å²) in [6, 6.07) is 14.1. The number of thioether (sulfide) groups is 1. The number of carbonyl (C=O) groups is 1. The van der Waals surface area contributed by atoms with Gasteiger partial charge in [0.05, 0.1) is 6.61 Å². The lowest BCUT2D eigenvalue weighted by Gasteiger charge is -2.14. The fourth-order valence-corrected chi connectivity index (χ4v) is 3.81. The maximum absolute atomic E-state index is 12.7. The van der Waals surface area contributed by atoms with E-state index in [1.54, 1.807) is 11.8 Å². The quantitative estimate of drug-likeness (QED) is 0.821. The van der Waals surface area contributed by atoms with Gasteiger partial charge >= 0.3 is 0 Å². The molecule has 0 amide bonds. The van der Waals surface area contributed by atoms with Crippen molar-refractivity contribution < 1.29 is 9.53 Å². The van der Waals surface area contributed by atoms with Crippen LogP contribution in [0, 0.1) is 0 Å². The van der Waals surface area contributed by atoms with Crippen LogP contribution in [0.25, 0.3) is 0 Å². The monoisotopic (exact) mass is 312 g/mol. The molecule has 0 saturated heterocycles. The van der Waals surface area contributed by atoms with Crippen LogP contribution in [0.4, 0.5) is 0 Å². The minimum absolute atomic E-state index is 0.139. The van der Waals surface area contributed by atoms with Crippen molar-refractivity contribution >= 4 is 17.5 Å². The Morgan fingerprint density at radius 2 is 2.00 bits per heavy atom. The van der Waals surface area contributed by atoms with E-state index in [9.17, 15) is 4.79 Å². The summed E-state index contributed by atoms with van der Waals surface area (Å²) in [7, 11) is 0. The average Bonchev–Trinajstić information content (AvgIpc) is 2.70. The third-order valence-corrected chi connectivity index (χ3v) is 5.14. The summed E-state index contributed by atoms with van der Waals surface area (Å²) >= 11 is 1.75. The molecule has 0 spiro atoms. The first kappa shape index (κ1) is 15.3. The molecular weight excluding hydrogens is 292 g/mol. The van der Waals surface area contributed by atoms with Gasteiger partial charge in [0.2, 0.25) is 0 Å². The normalized spacial score (nSPS) is 14.9. The predicted molar refractivity (Wildman–Crippen MR) is 90.8 cm³/mol. The van der Waals surface area contributed by atoms with E-state index in [0.717, 1.165) is 33.9 Å². The summed E-state index contributed by atoms with van der Waals surface area (Å²) in [5.74, 6) is 1.32. The van der Waals surface area contributed by atoms with Crippen LogP contribution in [0.2, 0.25) is 0 Å². The molecule has 1 heterocycles. The van der Waals surface area contributed by atoms with Gasteiger partial charge < -0.3 is 4.74 Å². The molecule has 2 aromatic carbocycles. The number of ether oxygens (including phenoxy) is 1. The Bertz CT molecular complexity index is 694. The summed E-state index contributed by atoms with van der Waals surface area (Å²) in [5.41, 5.74) is 4.02. The highest BCUT2D eigenvalue weighted by Gasteiger charge is 2.22. The van der Waals surface area contributed by atoms with Gasteiger partial charge in [-0.05, 0) is 30.2 Å². The zero-order valence-electron chi connectivity index (χ0n) is 13.0. The maximum atomic E-state index is 12.7. The highest BCUT2D eigenvalue weighted by atomic mass is 32.2. The van der Waals surface area contributed by atoms with Gasteiger partial charge in [0.15, 0.2) is 5.78 Å². The third-order valence-electron chi connectivity index (χ3n) is 4.04. The summed E-state index contributed by atoms with van der Waals surface area (Å²) in [6.45, 7) is 5.62. The second-order valence-electron chi connectivity index (χ2n) is 5.59. The SMILES string of the molecule is CCOCC(C)c1ccc2c(c1)SCc1ccccc1C2=O. The number of benzene rings is 2. The molecule has 0 bridgehead atoms. The van der Waals surface area contributed by atoms with Crippen molar-refractivity contribution in [2.75, 3.05) is 13.2 Å². The zero-order chi connectivity index (χ0) is 15.5. The van der Waals surface area contributed by atoms with Crippen LogP contribution in [0.5, 0.6) is 0 Å². The first-order valence-corrected chi connectivity index (χ1v) is 8.66. The molecule has 22 heavy (non-hydrogen) atoms. The molecule has 1 unspecified atom stereocenters. The fraction of sp³-hybridized carbons (Fsp3) is 0.316. The van der Waals surface area contributed by atoms with Gasteiger partial charge in [0.1, 0.15) is 0 Å². The van der Waals surface area contributed by atoms with E-state index in [1.807, 2.05) is 37.3 Å². The topological polar surface area (TPSA) is 26.3 Å². The highest BCUT2D eigenvalue weighted by molar-refractivity contribution is 7.98. The minimum Gasteiger partial charge on any atom is -0.381 e. The molecule has 0 fully saturated rings. The molecule has 1 atom stereocenters. The van der Waals surface area contributed by atoms with Crippen LogP contribution in [0.3, 0.4) is 0 Å². The van der Waals surface area contributed by atoms with Crippen molar-refractivity contribution in [3.05, 3.63) is 64.7 Å². The molecular formula is C19H20O2S. The van der Waals surface area contributed by atoms with Crippen molar-refractivity contribution in [3.8, 4) is 0 Å². The van der Waals surface area contributed by atoms with E-state index in [2.05, 4.69) is 19.1 Å². The molecule has 0 aliphatic carbocycles. The van der Waals surface area contributed by atoms with Crippen LogP contribution in [0.15, 0.2) is 47.4 Å². The smallest absolute Gasteiger partial charge is 0.194 e. The number of fused-ring (bicyclic) bond motifs is 2. The Kier molecular flexibility index (Phi) is 4.65. The van der Waals surface area contributed by atoms with Crippen LogP contribution in [-0.4, -0.2) is 19.0 Å². The van der Waals surface area contributed by atoms with Gasteiger partial charge in [-0.3, -0.25) is 4.79 Å². The van der Waals surface area contributed by atoms with E-state index in [4.69, 9.17) is 4.74 Å². The molecule has 3 rings (SSSR count). The fourth-order valence-electron chi connectivity index (χ4n) is 2.71. The molecule has 0 aromatic heterocycles. The third kappa shape index (κ3) is 2.96. The van der Waals surface area contributed by atoms with Crippen molar-refractivity contribution in [1.82, 2.24) is 0 Å². The van der Waals surface area contributed by atoms with Gasteiger partial charge in [0, 0.05) is 34.3 Å². The summed E-state index contributed by atoms with van der Waals surface area (Å²) in [6.07, 6.45) is 0. The molecule has 0 saturated carbocycles. The van der Waals surface area contributed by atoms with Crippen molar-refractivity contribution in [1.29, 1.82) is 0 Å². The lowest BCUT2D eigenvalue weighted by Crippen LogP contribution is -2.07. The van der Waals surface area contributed by atoms with Crippen molar-refractivity contribution in [2.45, 2.75) is 30.4 Å². The number of carbonyl (C=O) groups excluding carboxylic acids is 1. The molecule has 0 radical (unpaired) electrons. The predicted octanol–water partition coefficient (Wildman–Crippen LogP) is 4.66. The Morgan fingerprint density at radius 3 is 2.82 bits per heavy atom. The van der Waals surface area contributed by atoms with Crippen LogP contribution in [0.1, 0.15) is 46.8 Å². The Morgan fingerprint density at radius 1 is 1.18 bits per heavy atom. The van der Waals surface area contributed by atoms with Gasteiger partial charge in [0.25, 0.3) is 0 Å². The minimum atomic E-state index is 0.139. The molecule has 3 heteroatoms. The number of ketones is 1. The van der Waals surface area contributed by atoms with Crippen LogP contribution in [-0.2, 0) is 10.5 Å². The van der Waals surface area contributed by atoms with Gasteiger partial charge in [-0.15, -0.1) is 11.8 Å². The molecule has 0 N–H and O–H groups in total. The molecule has 1 aliphatic heterocycles. The van der Waals surface area contributed by atoms with Gasteiger partial charge in [-0.1, -0.05) is 37.3 Å². The van der Waals surface area contributed by atoms with E-state index >= 15 is 0 Å². The Labute approximate surface area is 135 Å². The Hall–Kier alpha value is -1.58. The van der Waals surface area contributed by atoms with Gasteiger partial charge in [-0.25, -0.2) is 0 Å². The zero-order valence-corrected chi connectivity index (χ0v) is 13.8. The van der Waals surface area contributed by atoms with E-state index < -0.39 is 0 Å². The molecule has 2 aromatic rings. The van der Waals surface area contributed by atoms with Crippen molar-refractivity contribution in [3.63, 3.8) is 0 Å². The first-order chi connectivity index (χ1) is 10.7. The number of hydrogen-bond acceptors (Lipinski definition) is 3. The standard InChI is InChI=1S/C19H20O2S/c1-3-21-11-13(2)14-8-9-17-18(10-14)22-12-15-6-4-5-7-16(15)19(17)20/h4-10,13H,3,11-12H2,1-2H3. The summed E-state index contributed by atoms with van der Waals surface area (Å²) in [5, 5.41) is 0. The largest absolute Gasteiger partial charge is 0.381 e. The van der Waals surface area contributed by atoms with E-state index in [0.29, 0.717) is 12.5 Å². The van der Waals surface area contributed by atoms with Gasteiger partial charge in [-0.2, -0.15) is 0 Å². The summed E-state index contributed by atoms with van der Waals surface area (Å²) < 4.78 is 5.52. The van der Waals surface area contributed by atoms with Crippen LogP contribution >= 0.6 is 11.8 Å². The Balaban J connectivity index is 1.93. The number of rotatable bonds is 4. The lowest BCUT2D eigenvalue weighted by molar-refractivity contribution is 0.103. The summed E-state index contributed by atoms with van der Waals surface area (Å²) in [4.78, 5) is 13.8. The molecule has 1 aliphatic rings. The second-order valence-corrected chi connectivity index (χ2v) is 6.61.